The van der Waals surface area contributed by atoms with E-state index >= 15 is 0 Å². The molecule has 0 aliphatic rings. The highest BCUT2D eigenvalue weighted by Crippen LogP contribution is 2.29. The molecular weight excluding hydrogens is 355 g/mol. The number of amides is 1. The van der Waals surface area contributed by atoms with E-state index in [0.29, 0.717) is 28.9 Å². The largest absolute Gasteiger partial charge is 0.355 e. The summed E-state index contributed by atoms with van der Waals surface area (Å²) >= 11 is 0. The summed E-state index contributed by atoms with van der Waals surface area (Å²) in [6.45, 7) is 2.60. The molecule has 28 heavy (non-hydrogen) atoms. The second kappa shape index (κ2) is 7.64. The molecule has 0 unspecified atom stereocenters. The summed E-state index contributed by atoms with van der Waals surface area (Å²) in [6, 6.07) is 19.5. The van der Waals surface area contributed by atoms with Crippen LogP contribution in [-0.4, -0.2) is 17.6 Å². The fourth-order valence-electron chi connectivity index (χ4n) is 3.07. The van der Waals surface area contributed by atoms with Gasteiger partial charge in [-0.1, -0.05) is 35.0 Å². The van der Waals surface area contributed by atoms with Crippen LogP contribution >= 0.6 is 0 Å². The van der Waals surface area contributed by atoms with Crippen molar-refractivity contribution in [2.45, 2.75) is 13.3 Å². The number of aromatic nitrogens is 1. The van der Waals surface area contributed by atoms with Crippen LogP contribution in [0.4, 0.5) is 4.39 Å². The molecule has 140 valence electrons. The lowest BCUT2D eigenvalue weighted by atomic mass is 10.1. The molecule has 4 rings (SSSR count). The number of aryl methyl sites for hydroxylation is 1. The third-order valence-corrected chi connectivity index (χ3v) is 4.66. The molecule has 5 heteroatoms. The fourth-order valence-corrected chi connectivity index (χ4v) is 3.07. The van der Waals surface area contributed by atoms with E-state index in [0.717, 1.165) is 11.8 Å². The third-order valence-electron chi connectivity index (χ3n) is 4.66. The Balaban J connectivity index is 1.50. The summed E-state index contributed by atoms with van der Waals surface area (Å²) in [5, 5.41) is 7.69. The van der Waals surface area contributed by atoms with Crippen molar-refractivity contribution in [3.8, 4) is 11.3 Å². The van der Waals surface area contributed by atoms with E-state index < -0.39 is 0 Å². The number of carbonyl (C=O) groups is 1. The van der Waals surface area contributed by atoms with Crippen molar-refractivity contribution in [2.24, 2.45) is 0 Å². The van der Waals surface area contributed by atoms with Gasteiger partial charge in [-0.3, -0.25) is 4.79 Å². The maximum atomic E-state index is 13.2. The monoisotopic (exact) mass is 374 g/mol. The Kier molecular flexibility index (Phi) is 4.89. The van der Waals surface area contributed by atoms with Crippen LogP contribution < -0.4 is 5.32 Å². The van der Waals surface area contributed by atoms with Gasteiger partial charge >= 0.3 is 0 Å². The van der Waals surface area contributed by atoms with Crippen LogP contribution in [0.2, 0.25) is 0 Å². The van der Waals surface area contributed by atoms with E-state index in [1.165, 1.54) is 23.3 Å². The summed E-state index contributed by atoms with van der Waals surface area (Å²) in [4.78, 5) is 12.5. The fraction of sp³-hybridized carbons (Fsp3) is 0.130. The van der Waals surface area contributed by atoms with Gasteiger partial charge in [-0.05, 0) is 61.4 Å². The highest BCUT2D eigenvalue weighted by atomic mass is 19.1. The van der Waals surface area contributed by atoms with Crippen molar-refractivity contribution in [1.29, 1.82) is 0 Å². The number of halogens is 1. The molecule has 0 radical (unpaired) electrons. The van der Waals surface area contributed by atoms with Crippen molar-refractivity contribution in [3.63, 3.8) is 0 Å². The molecule has 0 saturated heterocycles. The van der Waals surface area contributed by atoms with Gasteiger partial charge < -0.3 is 9.84 Å². The SMILES string of the molecule is Cc1ccc(CCNC(=O)c2ccc3noc(-c4ccc(F)cc4)c3c2)cc1. The molecule has 3 aromatic carbocycles. The first-order valence-electron chi connectivity index (χ1n) is 9.09. The summed E-state index contributed by atoms with van der Waals surface area (Å²) < 4.78 is 18.6. The van der Waals surface area contributed by atoms with Gasteiger partial charge in [0.25, 0.3) is 5.91 Å². The number of carbonyl (C=O) groups excluding carboxylic acids is 1. The van der Waals surface area contributed by atoms with E-state index in [1.807, 2.05) is 6.92 Å². The lowest BCUT2D eigenvalue weighted by Crippen LogP contribution is -2.25. The number of nitrogens with zero attached hydrogens (tertiary/aromatic N) is 1. The van der Waals surface area contributed by atoms with E-state index in [9.17, 15) is 9.18 Å². The molecule has 4 nitrogen and oxygen atoms in total. The highest BCUT2D eigenvalue weighted by molar-refractivity contribution is 6.00. The molecule has 4 aromatic rings. The Morgan fingerprint density at radius 3 is 2.54 bits per heavy atom. The molecule has 0 aliphatic carbocycles. The topological polar surface area (TPSA) is 55.1 Å². The quantitative estimate of drug-likeness (QED) is 0.540. The van der Waals surface area contributed by atoms with E-state index in [-0.39, 0.29) is 11.7 Å². The maximum Gasteiger partial charge on any atom is 0.251 e. The highest BCUT2D eigenvalue weighted by Gasteiger charge is 2.14. The maximum absolute atomic E-state index is 13.2. The van der Waals surface area contributed by atoms with Crippen molar-refractivity contribution in [1.82, 2.24) is 10.5 Å². The molecule has 1 heterocycles. The van der Waals surface area contributed by atoms with Gasteiger partial charge in [0, 0.05) is 17.7 Å². The van der Waals surface area contributed by atoms with E-state index in [1.54, 1.807) is 30.3 Å². The summed E-state index contributed by atoms with van der Waals surface area (Å²) in [6.07, 6.45) is 0.766. The predicted octanol–water partition coefficient (Wildman–Crippen LogP) is 4.91. The number of benzene rings is 3. The molecule has 0 aliphatic heterocycles. The van der Waals surface area contributed by atoms with Crippen LogP contribution in [0.5, 0.6) is 0 Å². The van der Waals surface area contributed by atoms with Gasteiger partial charge in [-0.2, -0.15) is 0 Å². The number of fused-ring (bicyclic) bond motifs is 1. The lowest BCUT2D eigenvalue weighted by molar-refractivity contribution is 0.0954. The molecule has 0 saturated carbocycles. The molecular formula is C23H19FN2O2. The minimum Gasteiger partial charge on any atom is -0.355 e. The van der Waals surface area contributed by atoms with Crippen molar-refractivity contribution < 1.29 is 13.7 Å². The van der Waals surface area contributed by atoms with E-state index in [4.69, 9.17) is 4.52 Å². The molecule has 1 N–H and O–H groups in total. The number of rotatable bonds is 5. The molecule has 0 atom stereocenters. The predicted molar refractivity (Wildman–Crippen MR) is 107 cm³/mol. The molecule has 1 amide bonds. The van der Waals surface area contributed by atoms with E-state index in [2.05, 4.69) is 34.7 Å². The number of hydrogen-bond acceptors (Lipinski definition) is 3. The Morgan fingerprint density at radius 2 is 1.79 bits per heavy atom. The van der Waals surface area contributed by atoms with Crippen LogP contribution in [0.1, 0.15) is 21.5 Å². The molecule has 0 fully saturated rings. The van der Waals surface area contributed by atoms with Gasteiger partial charge in [0.2, 0.25) is 0 Å². The van der Waals surface area contributed by atoms with Gasteiger partial charge in [0.15, 0.2) is 5.76 Å². The zero-order valence-corrected chi connectivity index (χ0v) is 15.4. The lowest BCUT2D eigenvalue weighted by Gasteiger charge is -2.06. The second-order valence-corrected chi connectivity index (χ2v) is 6.74. The Morgan fingerprint density at radius 1 is 1.04 bits per heavy atom. The third kappa shape index (κ3) is 3.78. The Labute approximate surface area is 162 Å². The van der Waals surface area contributed by atoms with Gasteiger partial charge in [0.1, 0.15) is 11.3 Å². The van der Waals surface area contributed by atoms with Crippen LogP contribution in [0, 0.1) is 12.7 Å². The van der Waals surface area contributed by atoms with Crippen LogP contribution in [0.25, 0.3) is 22.2 Å². The summed E-state index contributed by atoms with van der Waals surface area (Å²) in [5.41, 5.74) is 4.28. The van der Waals surface area contributed by atoms with Crippen molar-refractivity contribution in [3.05, 3.63) is 89.2 Å². The van der Waals surface area contributed by atoms with Gasteiger partial charge in [-0.25, -0.2) is 4.39 Å². The van der Waals surface area contributed by atoms with Crippen LogP contribution in [0.3, 0.4) is 0 Å². The smallest absolute Gasteiger partial charge is 0.251 e. The first-order valence-corrected chi connectivity index (χ1v) is 9.09. The van der Waals surface area contributed by atoms with Crippen LogP contribution in [0.15, 0.2) is 71.3 Å². The average Bonchev–Trinajstić information content (AvgIpc) is 3.13. The normalized spacial score (nSPS) is 10.9. The minimum atomic E-state index is -0.318. The number of nitrogens with one attached hydrogen (secondary N) is 1. The minimum absolute atomic E-state index is 0.153. The Bertz CT molecular complexity index is 1120. The van der Waals surface area contributed by atoms with Gasteiger partial charge in [-0.15, -0.1) is 0 Å². The van der Waals surface area contributed by atoms with Crippen molar-refractivity contribution in [2.75, 3.05) is 6.54 Å². The average molecular weight is 374 g/mol. The Hall–Kier alpha value is -3.47. The number of hydrogen-bond donors (Lipinski definition) is 1. The molecule has 0 bridgehead atoms. The van der Waals surface area contributed by atoms with Crippen LogP contribution in [-0.2, 0) is 6.42 Å². The van der Waals surface area contributed by atoms with Crippen molar-refractivity contribution >= 4 is 16.8 Å². The zero-order valence-electron chi connectivity index (χ0n) is 15.4. The summed E-state index contributed by atoms with van der Waals surface area (Å²) in [7, 11) is 0. The zero-order chi connectivity index (χ0) is 19.5. The molecule has 1 aromatic heterocycles. The first kappa shape index (κ1) is 17.9. The van der Waals surface area contributed by atoms with Gasteiger partial charge in [0.05, 0.1) is 5.39 Å². The summed E-state index contributed by atoms with van der Waals surface area (Å²) in [5.74, 6) is 0.0470. The first-order chi connectivity index (χ1) is 13.6. The standard InChI is InChI=1S/C23H19FN2O2/c1-15-2-4-16(5-3-15)12-13-25-23(27)18-8-11-21-20(14-18)22(28-26-21)17-6-9-19(24)10-7-17/h2-11,14H,12-13H2,1H3,(H,25,27). The molecule has 0 spiro atoms. The second-order valence-electron chi connectivity index (χ2n) is 6.74.